The average Bonchev–Trinajstić information content (AvgIpc) is 3.36. The Morgan fingerprint density at radius 1 is 1.18 bits per heavy atom. The molecule has 3 heterocycles. The summed E-state index contributed by atoms with van der Waals surface area (Å²) in [7, 11) is 1.97. The standard InChI is InChI=1S/C22H19ClN4S/c1-27-14-25-12-22(27)21-10-16(5-4-15-6-8-28-13-15)18-9-17(3-2-7-24)19(23)11-20(18)26-21/h6,8-14H,2-5H2,1H3. The van der Waals surface area contributed by atoms with Crippen molar-refractivity contribution in [2.75, 3.05) is 0 Å². The molecule has 3 aromatic heterocycles. The zero-order valence-corrected chi connectivity index (χ0v) is 17.1. The largest absolute Gasteiger partial charge is 0.332 e. The van der Waals surface area contributed by atoms with Crippen molar-refractivity contribution in [3.63, 3.8) is 0 Å². The summed E-state index contributed by atoms with van der Waals surface area (Å²) in [6, 6.07) is 10.6. The first-order valence-corrected chi connectivity index (χ1v) is 10.4. The lowest BCUT2D eigenvalue weighted by Gasteiger charge is -2.12. The lowest BCUT2D eigenvalue weighted by atomic mass is 9.98. The maximum atomic E-state index is 8.93. The third-order valence-electron chi connectivity index (χ3n) is 4.91. The molecule has 0 radical (unpaired) electrons. The number of pyridine rings is 1. The maximum Gasteiger partial charge on any atom is 0.0948 e. The zero-order valence-electron chi connectivity index (χ0n) is 15.5. The maximum absolute atomic E-state index is 8.93. The lowest BCUT2D eigenvalue weighted by molar-refractivity contribution is 0.915. The molecular formula is C22H19ClN4S. The van der Waals surface area contributed by atoms with Crippen molar-refractivity contribution >= 4 is 33.8 Å². The number of benzene rings is 1. The van der Waals surface area contributed by atoms with E-state index in [0.717, 1.165) is 40.7 Å². The van der Waals surface area contributed by atoms with E-state index in [2.05, 4.69) is 40.0 Å². The van der Waals surface area contributed by atoms with E-state index in [4.69, 9.17) is 21.8 Å². The number of hydrogen-bond acceptors (Lipinski definition) is 4. The monoisotopic (exact) mass is 406 g/mol. The number of aromatic nitrogens is 3. The van der Waals surface area contributed by atoms with Gasteiger partial charge in [-0.15, -0.1) is 0 Å². The van der Waals surface area contributed by atoms with Gasteiger partial charge < -0.3 is 4.57 Å². The summed E-state index contributed by atoms with van der Waals surface area (Å²) in [6.45, 7) is 0. The molecule has 0 unspecified atom stereocenters. The van der Waals surface area contributed by atoms with E-state index < -0.39 is 0 Å². The fourth-order valence-electron chi connectivity index (χ4n) is 3.40. The first-order chi connectivity index (χ1) is 13.7. The lowest BCUT2D eigenvalue weighted by Crippen LogP contribution is -1.99. The molecule has 0 aliphatic heterocycles. The second-order valence-corrected chi connectivity index (χ2v) is 7.99. The number of nitrogens with zero attached hydrogens (tertiary/aromatic N) is 4. The van der Waals surface area contributed by atoms with E-state index in [9.17, 15) is 0 Å². The number of halogens is 1. The first-order valence-electron chi connectivity index (χ1n) is 9.12. The molecular weight excluding hydrogens is 388 g/mol. The number of hydrogen-bond donors (Lipinski definition) is 0. The van der Waals surface area contributed by atoms with E-state index in [1.807, 2.05) is 23.9 Å². The number of aryl methyl sites for hydroxylation is 4. The molecule has 4 aromatic rings. The Morgan fingerprint density at radius 2 is 2.07 bits per heavy atom. The van der Waals surface area contributed by atoms with Crippen LogP contribution >= 0.6 is 22.9 Å². The molecule has 0 aliphatic rings. The zero-order chi connectivity index (χ0) is 19.5. The van der Waals surface area contributed by atoms with Crippen LogP contribution in [0, 0.1) is 11.3 Å². The number of nitriles is 1. The third-order valence-corrected chi connectivity index (χ3v) is 5.99. The number of rotatable bonds is 6. The van der Waals surface area contributed by atoms with E-state index >= 15 is 0 Å². The van der Waals surface area contributed by atoms with Crippen molar-refractivity contribution in [1.29, 1.82) is 5.26 Å². The van der Waals surface area contributed by atoms with Crippen molar-refractivity contribution in [2.24, 2.45) is 7.05 Å². The second-order valence-electron chi connectivity index (χ2n) is 6.81. The van der Waals surface area contributed by atoms with Crippen LogP contribution in [0.25, 0.3) is 22.3 Å². The molecule has 0 bridgehead atoms. The molecule has 0 saturated heterocycles. The predicted octanol–water partition coefficient (Wildman–Crippen LogP) is 5.59. The third kappa shape index (κ3) is 3.80. The number of fused-ring (bicyclic) bond motifs is 1. The molecule has 4 nitrogen and oxygen atoms in total. The molecule has 0 aliphatic carbocycles. The molecule has 0 N–H and O–H groups in total. The van der Waals surface area contributed by atoms with Gasteiger partial charge in [-0.05, 0) is 71.0 Å². The molecule has 0 atom stereocenters. The summed E-state index contributed by atoms with van der Waals surface area (Å²) in [5.74, 6) is 0. The predicted molar refractivity (Wildman–Crippen MR) is 115 cm³/mol. The summed E-state index contributed by atoms with van der Waals surface area (Å²) >= 11 is 8.22. The molecule has 0 amide bonds. The van der Waals surface area contributed by atoms with Gasteiger partial charge in [0.15, 0.2) is 0 Å². The van der Waals surface area contributed by atoms with Crippen molar-refractivity contribution in [2.45, 2.75) is 25.7 Å². The Morgan fingerprint density at radius 3 is 2.79 bits per heavy atom. The molecule has 0 spiro atoms. The summed E-state index contributed by atoms with van der Waals surface area (Å²) in [4.78, 5) is 9.09. The van der Waals surface area contributed by atoms with Crippen LogP contribution in [0.2, 0.25) is 5.02 Å². The highest BCUT2D eigenvalue weighted by Gasteiger charge is 2.13. The Labute approximate surface area is 173 Å². The molecule has 140 valence electrons. The molecule has 6 heteroatoms. The Kier molecular flexibility index (Phi) is 5.43. The van der Waals surface area contributed by atoms with Gasteiger partial charge in [0.2, 0.25) is 0 Å². The van der Waals surface area contributed by atoms with Gasteiger partial charge in [-0.1, -0.05) is 11.6 Å². The molecule has 4 rings (SSSR count). The van der Waals surface area contributed by atoms with Gasteiger partial charge in [0.1, 0.15) is 0 Å². The Balaban J connectivity index is 1.82. The van der Waals surface area contributed by atoms with Crippen LogP contribution in [0.15, 0.2) is 47.5 Å². The minimum Gasteiger partial charge on any atom is -0.332 e. The van der Waals surface area contributed by atoms with E-state index in [1.165, 1.54) is 11.1 Å². The highest BCUT2D eigenvalue weighted by Crippen LogP contribution is 2.30. The molecule has 28 heavy (non-hydrogen) atoms. The van der Waals surface area contributed by atoms with Crippen LogP contribution < -0.4 is 0 Å². The number of imidazole rings is 1. The van der Waals surface area contributed by atoms with Gasteiger partial charge in [-0.3, -0.25) is 0 Å². The molecule has 0 saturated carbocycles. The van der Waals surface area contributed by atoms with Crippen LogP contribution in [0.3, 0.4) is 0 Å². The van der Waals surface area contributed by atoms with Crippen LogP contribution in [-0.2, 0) is 26.3 Å². The van der Waals surface area contributed by atoms with Gasteiger partial charge in [0.25, 0.3) is 0 Å². The van der Waals surface area contributed by atoms with Gasteiger partial charge in [0, 0.05) is 23.9 Å². The van der Waals surface area contributed by atoms with Gasteiger partial charge >= 0.3 is 0 Å². The second kappa shape index (κ2) is 8.14. The van der Waals surface area contributed by atoms with Crippen molar-refractivity contribution in [1.82, 2.24) is 14.5 Å². The minimum absolute atomic E-state index is 0.454. The first kappa shape index (κ1) is 18.7. The van der Waals surface area contributed by atoms with Gasteiger partial charge in [0.05, 0.1) is 35.5 Å². The Bertz CT molecular complexity index is 1160. The van der Waals surface area contributed by atoms with Gasteiger partial charge in [-0.2, -0.15) is 16.6 Å². The van der Waals surface area contributed by atoms with E-state index in [1.54, 1.807) is 17.7 Å². The minimum atomic E-state index is 0.454. The summed E-state index contributed by atoms with van der Waals surface area (Å²) < 4.78 is 1.97. The Hall–Kier alpha value is -2.68. The SMILES string of the molecule is Cn1cncc1-c1cc(CCc2ccsc2)c2cc(CCC#N)c(Cl)cc2n1. The quantitative estimate of drug-likeness (QED) is 0.419. The fraction of sp³-hybridized carbons (Fsp3) is 0.227. The highest BCUT2D eigenvalue weighted by molar-refractivity contribution is 7.07. The van der Waals surface area contributed by atoms with Gasteiger partial charge in [-0.25, -0.2) is 9.97 Å². The summed E-state index contributed by atoms with van der Waals surface area (Å²) in [5, 5.41) is 15.0. The van der Waals surface area contributed by atoms with E-state index in [0.29, 0.717) is 17.9 Å². The summed E-state index contributed by atoms with van der Waals surface area (Å²) in [6.07, 6.45) is 6.61. The van der Waals surface area contributed by atoms with Crippen molar-refractivity contribution in [3.8, 4) is 17.5 Å². The molecule has 1 aromatic carbocycles. The molecule has 0 fully saturated rings. The number of thiophene rings is 1. The normalized spacial score (nSPS) is 11.0. The van der Waals surface area contributed by atoms with E-state index in [-0.39, 0.29) is 0 Å². The van der Waals surface area contributed by atoms with Crippen molar-refractivity contribution < 1.29 is 0 Å². The average molecular weight is 407 g/mol. The van der Waals surface area contributed by atoms with Crippen LogP contribution in [0.4, 0.5) is 0 Å². The van der Waals surface area contributed by atoms with Crippen LogP contribution in [0.5, 0.6) is 0 Å². The smallest absolute Gasteiger partial charge is 0.0948 e. The summed E-state index contributed by atoms with van der Waals surface area (Å²) in [5.41, 5.74) is 6.34. The van der Waals surface area contributed by atoms with Crippen LogP contribution in [0.1, 0.15) is 23.1 Å². The fourth-order valence-corrected chi connectivity index (χ4v) is 4.36. The highest BCUT2D eigenvalue weighted by atomic mass is 35.5. The van der Waals surface area contributed by atoms with Crippen LogP contribution in [-0.4, -0.2) is 14.5 Å². The van der Waals surface area contributed by atoms with Crippen molar-refractivity contribution in [3.05, 3.63) is 69.3 Å². The topological polar surface area (TPSA) is 54.5 Å².